The molecular formula is C19H15ClNO2-. The number of hydrogen-bond acceptors (Lipinski definition) is 3. The molecular weight excluding hydrogens is 310 g/mol. The van der Waals surface area contributed by atoms with E-state index in [1.165, 1.54) is 0 Å². The molecule has 0 aromatic heterocycles. The molecule has 2 aromatic rings. The lowest BCUT2D eigenvalue weighted by Crippen LogP contribution is -2.32. The number of carboxylic acid groups (broad SMARTS) is 1. The molecule has 4 rings (SSSR count). The number of nitrogens with one attached hydrogen (secondary N) is 1. The van der Waals surface area contributed by atoms with E-state index in [2.05, 4.69) is 17.5 Å². The third-order valence-corrected chi connectivity index (χ3v) is 5.10. The highest BCUT2D eigenvalue weighted by Crippen LogP contribution is 2.50. The summed E-state index contributed by atoms with van der Waals surface area (Å²) in [7, 11) is 0. The summed E-state index contributed by atoms with van der Waals surface area (Å²) in [6.45, 7) is 0. The molecule has 4 heteroatoms. The van der Waals surface area contributed by atoms with Crippen molar-refractivity contribution in [2.45, 2.75) is 18.4 Å². The molecule has 1 aliphatic carbocycles. The zero-order valence-corrected chi connectivity index (χ0v) is 13.1. The van der Waals surface area contributed by atoms with Crippen LogP contribution in [0.1, 0.15) is 39.9 Å². The largest absolute Gasteiger partial charge is 0.545 e. The Hall–Kier alpha value is -2.26. The summed E-state index contributed by atoms with van der Waals surface area (Å²) in [5, 5.41) is 15.6. The van der Waals surface area contributed by atoms with Crippen LogP contribution < -0.4 is 10.4 Å². The molecule has 2 aliphatic rings. The number of benzene rings is 2. The minimum atomic E-state index is -1.15. The molecule has 0 fully saturated rings. The van der Waals surface area contributed by atoms with Gasteiger partial charge in [-0.25, -0.2) is 0 Å². The van der Waals surface area contributed by atoms with Gasteiger partial charge in [0.1, 0.15) is 0 Å². The first-order valence-corrected chi connectivity index (χ1v) is 8.06. The van der Waals surface area contributed by atoms with Gasteiger partial charge in [-0.1, -0.05) is 54.1 Å². The summed E-state index contributed by atoms with van der Waals surface area (Å²) in [5.74, 6) is -0.545. The van der Waals surface area contributed by atoms with E-state index in [9.17, 15) is 9.90 Å². The molecule has 0 bridgehead atoms. The zero-order chi connectivity index (χ0) is 16.0. The van der Waals surface area contributed by atoms with Crippen LogP contribution in [0, 0.1) is 5.92 Å². The minimum Gasteiger partial charge on any atom is -0.545 e. The Kier molecular flexibility index (Phi) is 3.38. The smallest absolute Gasteiger partial charge is 0.0736 e. The summed E-state index contributed by atoms with van der Waals surface area (Å²) >= 11 is 5.99. The molecule has 0 unspecified atom stereocenters. The first-order chi connectivity index (χ1) is 11.1. The Balaban J connectivity index is 1.83. The minimum absolute atomic E-state index is 0.0558. The second-order valence-electron chi connectivity index (χ2n) is 6.08. The van der Waals surface area contributed by atoms with Crippen LogP contribution in [-0.2, 0) is 0 Å². The molecule has 3 atom stereocenters. The maximum absolute atomic E-state index is 11.5. The predicted octanol–water partition coefficient (Wildman–Crippen LogP) is 3.53. The van der Waals surface area contributed by atoms with E-state index < -0.39 is 5.97 Å². The number of hydrogen-bond donors (Lipinski definition) is 1. The van der Waals surface area contributed by atoms with Crippen LogP contribution in [0.15, 0.2) is 54.6 Å². The third-order valence-electron chi connectivity index (χ3n) is 4.85. The maximum atomic E-state index is 11.5. The molecule has 1 N–H and O–H groups in total. The van der Waals surface area contributed by atoms with Crippen LogP contribution in [0.3, 0.4) is 0 Å². The standard InChI is InChI=1S/C19H16ClNO2/c20-12-9-7-11(8-10-12)17-14-4-1-3-13(14)15-5-2-6-16(19(22)23)18(15)21-17/h1-3,5-10,13-14,17,21H,4H2,(H,22,23)/p-1/t13-,14+,17-/m1/s1. The van der Waals surface area contributed by atoms with Crippen LogP contribution in [0.5, 0.6) is 0 Å². The van der Waals surface area contributed by atoms with E-state index in [1.54, 1.807) is 12.1 Å². The molecule has 1 aliphatic heterocycles. The summed E-state index contributed by atoms with van der Waals surface area (Å²) in [4.78, 5) is 11.5. The SMILES string of the molecule is O=C([O-])c1cccc2c1N[C@H](c1ccc(Cl)cc1)[C@H]1CC=C[C@@H]21. The number of anilines is 1. The van der Waals surface area contributed by atoms with E-state index in [4.69, 9.17) is 11.6 Å². The van der Waals surface area contributed by atoms with Gasteiger partial charge in [0, 0.05) is 22.2 Å². The van der Waals surface area contributed by atoms with Crippen molar-refractivity contribution in [3.8, 4) is 0 Å². The second-order valence-corrected chi connectivity index (χ2v) is 6.52. The number of rotatable bonds is 2. The maximum Gasteiger partial charge on any atom is 0.0736 e. The van der Waals surface area contributed by atoms with E-state index in [0.717, 1.165) is 17.5 Å². The first-order valence-electron chi connectivity index (χ1n) is 7.68. The highest BCUT2D eigenvalue weighted by atomic mass is 35.5. The monoisotopic (exact) mass is 324 g/mol. The Morgan fingerprint density at radius 2 is 1.96 bits per heavy atom. The molecule has 2 aromatic carbocycles. The van der Waals surface area contributed by atoms with Gasteiger partial charge in [0.2, 0.25) is 0 Å². The molecule has 0 saturated heterocycles. The van der Waals surface area contributed by atoms with Gasteiger partial charge in [0.05, 0.1) is 12.0 Å². The van der Waals surface area contributed by atoms with Crippen molar-refractivity contribution < 1.29 is 9.90 Å². The van der Waals surface area contributed by atoms with Crippen molar-refractivity contribution in [3.05, 3.63) is 76.3 Å². The zero-order valence-electron chi connectivity index (χ0n) is 12.3. The van der Waals surface area contributed by atoms with Crippen molar-refractivity contribution >= 4 is 23.3 Å². The Morgan fingerprint density at radius 1 is 1.17 bits per heavy atom. The molecule has 3 nitrogen and oxygen atoms in total. The third kappa shape index (κ3) is 2.32. The van der Waals surface area contributed by atoms with Crippen LogP contribution >= 0.6 is 11.6 Å². The van der Waals surface area contributed by atoms with Gasteiger partial charge in [0.15, 0.2) is 0 Å². The fraction of sp³-hybridized carbons (Fsp3) is 0.211. The number of fused-ring (bicyclic) bond motifs is 3. The van der Waals surface area contributed by atoms with Crippen molar-refractivity contribution in [1.29, 1.82) is 0 Å². The fourth-order valence-electron chi connectivity index (χ4n) is 3.79. The molecule has 0 amide bonds. The van der Waals surface area contributed by atoms with Gasteiger partial charge < -0.3 is 15.2 Å². The quantitative estimate of drug-likeness (QED) is 0.860. The number of carbonyl (C=O) groups is 1. The summed E-state index contributed by atoms with van der Waals surface area (Å²) in [6, 6.07) is 13.2. The van der Waals surface area contributed by atoms with Crippen LogP contribution in [0.4, 0.5) is 5.69 Å². The van der Waals surface area contributed by atoms with Crippen molar-refractivity contribution in [2.75, 3.05) is 5.32 Å². The van der Waals surface area contributed by atoms with E-state index in [1.807, 2.05) is 30.3 Å². The van der Waals surface area contributed by atoms with Gasteiger partial charge in [0.25, 0.3) is 0 Å². The van der Waals surface area contributed by atoms with Crippen molar-refractivity contribution in [2.24, 2.45) is 5.92 Å². The van der Waals surface area contributed by atoms with Gasteiger partial charge in [-0.3, -0.25) is 0 Å². The Labute approximate surface area is 139 Å². The molecule has 1 heterocycles. The second kappa shape index (κ2) is 5.43. The normalized spacial score (nSPS) is 24.7. The lowest BCUT2D eigenvalue weighted by molar-refractivity contribution is -0.254. The number of aromatic carboxylic acids is 1. The summed E-state index contributed by atoms with van der Waals surface area (Å²) in [6.07, 6.45) is 5.34. The van der Waals surface area contributed by atoms with E-state index in [-0.39, 0.29) is 17.5 Å². The average molecular weight is 325 g/mol. The number of para-hydroxylation sites is 1. The predicted molar refractivity (Wildman–Crippen MR) is 88.6 cm³/mol. The van der Waals surface area contributed by atoms with Crippen LogP contribution in [-0.4, -0.2) is 5.97 Å². The summed E-state index contributed by atoms with van der Waals surface area (Å²) in [5.41, 5.74) is 3.06. The van der Waals surface area contributed by atoms with Gasteiger partial charge in [-0.05, 0) is 35.6 Å². The lowest BCUT2D eigenvalue weighted by atomic mass is 9.76. The number of carboxylic acids is 1. The van der Waals surface area contributed by atoms with Crippen molar-refractivity contribution in [1.82, 2.24) is 0 Å². The van der Waals surface area contributed by atoms with E-state index in [0.29, 0.717) is 16.6 Å². The molecule has 23 heavy (non-hydrogen) atoms. The lowest BCUT2D eigenvalue weighted by Gasteiger charge is -2.38. The highest BCUT2D eigenvalue weighted by molar-refractivity contribution is 6.30. The van der Waals surface area contributed by atoms with Gasteiger partial charge >= 0.3 is 0 Å². The fourth-order valence-corrected chi connectivity index (χ4v) is 3.92. The number of halogens is 1. The van der Waals surface area contributed by atoms with E-state index >= 15 is 0 Å². The molecule has 0 saturated carbocycles. The topological polar surface area (TPSA) is 52.2 Å². The molecule has 0 spiro atoms. The first kappa shape index (κ1) is 14.3. The van der Waals surface area contributed by atoms with Crippen LogP contribution in [0.25, 0.3) is 0 Å². The Morgan fingerprint density at radius 3 is 2.70 bits per heavy atom. The van der Waals surface area contributed by atoms with Crippen molar-refractivity contribution in [3.63, 3.8) is 0 Å². The average Bonchev–Trinajstić information content (AvgIpc) is 3.04. The molecule has 116 valence electrons. The highest BCUT2D eigenvalue weighted by Gasteiger charge is 2.38. The van der Waals surface area contributed by atoms with Crippen LogP contribution in [0.2, 0.25) is 5.02 Å². The van der Waals surface area contributed by atoms with Gasteiger partial charge in [-0.2, -0.15) is 0 Å². The number of allylic oxidation sites excluding steroid dienone is 2. The Bertz CT molecular complexity index is 798. The summed E-state index contributed by atoms with van der Waals surface area (Å²) < 4.78 is 0. The van der Waals surface area contributed by atoms with Gasteiger partial charge in [-0.15, -0.1) is 0 Å². The molecule has 0 radical (unpaired) electrons. The number of carbonyl (C=O) groups excluding carboxylic acids is 1.